The zero-order valence-electron chi connectivity index (χ0n) is 9.13. The van der Waals surface area contributed by atoms with Crippen LogP contribution in [0.5, 0.6) is 0 Å². The van der Waals surface area contributed by atoms with Gasteiger partial charge in [0.1, 0.15) is 12.7 Å². The van der Waals surface area contributed by atoms with Gasteiger partial charge in [0.05, 0.1) is 3.79 Å². The van der Waals surface area contributed by atoms with Crippen molar-refractivity contribution in [2.24, 2.45) is 5.73 Å². The molecular formula is C10H13BrF3NOS. The maximum absolute atomic E-state index is 12.1. The van der Waals surface area contributed by atoms with Crippen LogP contribution < -0.4 is 5.73 Å². The van der Waals surface area contributed by atoms with Gasteiger partial charge < -0.3 is 10.5 Å². The normalized spacial score (nSPS) is 15.9. The van der Waals surface area contributed by atoms with Gasteiger partial charge in [0.2, 0.25) is 0 Å². The van der Waals surface area contributed by atoms with Crippen molar-refractivity contribution in [3.8, 4) is 0 Å². The number of halogens is 4. The van der Waals surface area contributed by atoms with Crippen LogP contribution in [0.3, 0.4) is 0 Å². The van der Waals surface area contributed by atoms with Crippen LogP contribution in [-0.2, 0) is 4.74 Å². The first kappa shape index (κ1) is 14.9. The molecule has 1 aromatic heterocycles. The number of alkyl halides is 3. The Balaban J connectivity index is 2.74. The van der Waals surface area contributed by atoms with E-state index in [0.717, 1.165) is 3.79 Å². The Kier molecular flexibility index (Phi) is 5.43. The standard InChI is InChI=1S/C10H13BrF3NOS/c1-2-6(15)9(16-5-10(12,13)14)7-3-4-8(11)17-7/h3-4,6,9H,2,5,15H2,1H3. The highest BCUT2D eigenvalue weighted by molar-refractivity contribution is 9.11. The van der Waals surface area contributed by atoms with Gasteiger partial charge in [0.25, 0.3) is 0 Å². The molecule has 2 N–H and O–H groups in total. The lowest BCUT2D eigenvalue weighted by atomic mass is 10.1. The van der Waals surface area contributed by atoms with Gasteiger partial charge in [-0.2, -0.15) is 13.2 Å². The van der Waals surface area contributed by atoms with E-state index in [0.29, 0.717) is 11.3 Å². The maximum Gasteiger partial charge on any atom is 0.411 e. The lowest BCUT2D eigenvalue weighted by molar-refractivity contribution is -0.187. The molecule has 2 unspecified atom stereocenters. The summed E-state index contributed by atoms with van der Waals surface area (Å²) >= 11 is 4.60. The molecule has 2 nitrogen and oxygen atoms in total. The average molecular weight is 332 g/mol. The van der Waals surface area contributed by atoms with E-state index in [4.69, 9.17) is 10.5 Å². The lowest BCUT2D eigenvalue weighted by Crippen LogP contribution is -2.31. The molecule has 2 atom stereocenters. The number of hydrogen-bond acceptors (Lipinski definition) is 3. The van der Waals surface area contributed by atoms with Crippen LogP contribution in [0.4, 0.5) is 13.2 Å². The van der Waals surface area contributed by atoms with Crippen molar-refractivity contribution in [1.82, 2.24) is 0 Å². The van der Waals surface area contributed by atoms with Gasteiger partial charge >= 0.3 is 6.18 Å². The lowest BCUT2D eigenvalue weighted by Gasteiger charge is -2.23. The van der Waals surface area contributed by atoms with Crippen molar-refractivity contribution in [1.29, 1.82) is 0 Å². The monoisotopic (exact) mass is 331 g/mol. The largest absolute Gasteiger partial charge is 0.411 e. The Bertz CT molecular complexity index is 356. The summed E-state index contributed by atoms with van der Waals surface area (Å²) in [6.45, 7) is 0.540. The van der Waals surface area contributed by atoms with Crippen LogP contribution in [-0.4, -0.2) is 18.8 Å². The molecule has 0 bridgehead atoms. The summed E-state index contributed by atoms with van der Waals surface area (Å²) in [5.41, 5.74) is 5.79. The Labute approximate surface area is 110 Å². The van der Waals surface area contributed by atoms with Crippen molar-refractivity contribution in [3.63, 3.8) is 0 Å². The highest BCUT2D eigenvalue weighted by Gasteiger charge is 2.31. The van der Waals surface area contributed by atoms with Crippen LogP contribution in [0.15, 0.2) is 15.9 Å². The van der Waals surface area contributed by atoms with Gasteiger partial charge in [-0.05, 0) is 34.5 Å². The van der Waals surface area contributed by atoms with Crippen molar-refractivity contribution in [2.75, 3.05) is 6.61 Å². The molecule has 0 saturated heterocycles. The zero-order valence-corrected chi connectivity index (χ0v) is 11.5. The Morgan fingerprint density at radius 2 is 2.12 bits per heavy atom. The van der Waals surface area contributed by atoms with Crippen LogP contribution in [0.25, 0.3) is 0 Å². The molecule has 0 aliphatic heterocycles. The predicted octanol–water partition coefficient (Wildman–Crippen LogP) is 3.87. The molecule has 0 aliphatic carbocycles. The third-order valence-corrected chi connectivity index (χ3v) is 3.85. The smallest absolute Gasteiger partial charge is 0.362 e. The SMILES string of the molecule is CCC(N)C(OCC(F)(F)F)c1ccc(Br)s1. The van der Waals surface area contributed by atoms with E-state index in [1.165, 1.54) is 11.3 Å². The Morgan fingerprint density at radius 1 is 1.47 bits per heavy atom. The van der Waals surface area contributed by atoms with E-state index in [2.05, 4.69) is 15.9 Å². The summed E-state index contributed by atoms with van der Waals surface area (Å²) in [7, 11) is 0. The van der Waals surface area contributed by atoms with E-state index < -0.39 is 24.9 Å². The minimum atomic E-state index is -4.33. The average Bonchev–Trinajstić information content (AvgIpc) is 2.63. The Morgan fingerprint density at radius 3 is 2.53 bits per heavy atom. The van der Waals surface area contributed by atoms with Crippen molar-refractivity contribution in [2.45, 2.75) is 31.7 Å². The van der Waals surface area contributed by atoms with Gasteiger partial charge in [-0.1, -0.05) is 6.92 Å². The Hall–Kier alpha value is -0.110. The summed E-state index contributed by atoms with van der Waals surface area (Å²) in [5, 5.41) is 0. The molecule has 7 heteroatoms. The summed E-state index contributed by atoms with van der Waals surface area (Å²) in [5.74, 6) is 0. The second kappa shape index (κ2) is 6.17. The van der Waals surface area contributed by atoms with Gasteiger partial charge in [0, 0.05) is 10.9 Å². The van der Waals surface area contributed by atoms with E-state index in [-0.39, 0.29) is 0 Å². The van der Waals surface area contributed by atoms with E-state index in [1.807, 2.05) is 6.92 Å². The van der Waals surface area contributed by atoms with Gasteiger partial charge in [-0.3, -0.25) is 0 Å². The fraction of sp³-hybridized carbons (Fsp3) is 0.600. The minimum absolute atomic E-state index is 0.442. The number of nitrogens with two attached hydrogens (primary N) is 1. The van der Waals surface area contributed by atoms with Crippen molar-refractivity contribution >= 4 is 27.3 Å². The van der Waals surface area contributed by atoms with Gasteiger partial charge in [-0.25, -0.2) is 0 Å². The zero-order chi connectivity index (χ0) is 13.1. The predicted molar refractivity (Wildman–Crippen MR) is 65.0 cm³/mol. The van der Waals surface area contributed by atoms with Gasteiger partial charge in [-0.15, -0.1) is 11.3 Å². The summed E-state index contributed by atoms with van der Waals surface area (Å²) in [6, 6.07) is 3.06. The first-order valence-corrected chi connectivity index (χ1v) is 6.63. The third kappa shape index (κ3) is 4.95. The molecule has 0 spiro atoms. The molecule has 17 heavy (non-hydrogen) atoms. The molecule has 1 heterocycles. The second-order valence-corrected chi connectivity index (χ2v) is 6.06. The van der Waals surface area contributed by atoms with Crippen molar-refractivity contribution in [3.05, 3.63) is 20.8 Å². The molecule has 0 radical (unpaired) electrons. The molecule has 98 valence electrons. The summed E-state index contributed by atoms with van der Waals surface area (Å²) in [4.78, 5) is 0.704. The molecule has 0 aliphatic rings. The van der Waals surface area contributed by atoms with Crippen LogP contribution in [0.2, 0.25) is 0 Å². The van der Waals surface area contributed by atoms with Crippen molar-refractivity contribution < 1.29 is 17.9 Å². The molecular weight excluding hydrogens is 319 g/mol. The number of hydrogen-bond donors (Lipinski definition) is 1. The highest BCUT2D eigenvalue weighted by atomic mass is 79.9. The molecule has 1 aromatic rings. The van der Waals surface area contributed by atoms with E-state index in [9.17, 15) is 13.2 Å². The highest BCUT2D eigenvalue weighted by Crippen LogP contribution is 2.32. The number of thiophene rings is 1. The summed E-state index contributed by atoms with van der Waals surface area (Å²) < 4.78 is 42.1. The number of rotatable bonds is 5. The minimum Gasteiger partial charge on any atom is -0.362 e. The third-order valence-electron chi connectivity index (χ3n) is 2.16. The van der Waals surface area contributed by atoms with E-state index in [1.54, 1.807) is 12.1 Å². The fourth-order valence-electron chi connectivity index (χ4n) is 1.30. The molecule has 1 rings (SSSR count). The molecule has 0 saturated carbocycles. The van der Waals surface area contributed by atoms with Crippen LogP contribution in [0, 0.1) is 0 Å². The second-order valence-electron chi connectivity index (χ2n) is 3.56. The van der Waals surface area contributed by atoms with Crippen LogP contribution in [0.1, 0.15) is 24.3 Å². The maximum atomic E-state index is 12.1. The molecule has 0 fully saturated rings. The van der Waals surface area contributed by atoms with Gasteiger partial charge in [0.15, 0.2) is 0 Å². The quantitative estimate of drug-likeness (QED) is 0.888. The van der Waals surface area contributed by atoms with Crippen LogP contribution >= 0.6 is 27.3 Å². The fourth-order valence-corrected chi connectivity index (χ4v) is 2.85. The first-order chi connectivity index (χ1) is 7.83. The molecule has 0 amide bonds. The number of ether oxygens (including phenoxy) is 1. The first-order valence-electron chi connectivity index (χ1n) is 5.02. The topological polar surface area (TPSA) is 35.2 Å². The molecule has 0 aromatic carbocycles. The summed E-state index contributed by atoms with van der Waals surface area (Å²) in [6.07, 6.45) is -4.49. The van der Waals surface area contributed by atoms with E-state index >= 15 is 0 Å².